The van der Waals surface area contributed by atoms with E-state index in [0.717, 1.165) is 6.04 Å². The number of ether oxygens (including phenoxy) is 3. The Kier molecular flexibility index (Phi) is 12.4. The molecule has 1 aromatic rings. The molecule has 0 saturated carbocycles. The van der Waals surface area contributed by atoms with Gasteiger partial charge in [0.25, 0.3) is 5.69 Å². The largest absolute Gasteiger partial charge is 0.450 e. The summed E-state index contributed by atoms with van der Waals surface area (Å²) in [5, 5.41) is 11.3. The number of nitrogens with zero attached hydrogens (tertiary/aromatic N) is 4. The second kappa shape index (κ2) is 14.9. The zero-order chi connectivity index (χ0) is 32.6. The molecule has 0 N–H and O–H groups in total. The summed E-state index contributed by atoms with van der Waals surface area (Å²) in [7, 11) is -1.34. The molecule has 1 aliphatic rings. The van der Waals surface area contributed by atoms with Crippen LogP contribution in [0.4, 0.5) is 20.1 Å². The smallest absolute Gasteiger partial charge is 0.410 e. The third kappa shape index (κ3) is 13.2. The van der Waals surface area contributed by atoms with Gasteiger partial charge in [0, 0.05) is 52.9 Å². The van der Waals surface area contributed by atoms with Crippen LogP contribution >= 0.6 is 0 Å². The molecule has 1 heterocycles. The van der Waals surface area contributed by atoms with Gasteiger partial charge in [-0.15, -0.1) is 0 Å². The van der Waals surface area contributed by atoms with Crippen LogP contribution in [0.2, 0.25) is 25.7 Å². The van der Waals surface area contributed by atoms with E-state index >= 15 is 0 Å². The highest BCUT2D eigenvalue weighted by Gasteiger charge is 2.36. The maximum atomic E-state index is 13.3. The molecule has 43 heavy (non-hydrogen) atoms. The van der Waals surface area contributed by atoms with E-state index in [2.05, 4.69) is 19.6 Å². The van der Waals surface area contributed by atoms with E-state index in [1.807, 2.05) is 0 Å². The highest BCUT2D eigenvalue weighted by molar-refractivity contribution is 6.76. The number of hydrogen-bond donors (Lipinski definition) is 0. The van der Waals surface area contributed by atoms with Crippen LogP contribution in [0.1, 0.15) is 59.9 Å². The first kappa shape index (κ1) is 35.8. The van der Waals surface area contributed by atoms with Crippen molar-refractivity contribution in [3.63, 3.8) is 0 Å². The van der Waals surface area contributed by atoms with E-state index in [9.17, 15) is 24.5 Å². The molecule has 0 aliphatic carbocycles. The number of likely N-dealkylation sites (tertiary alicyclic amines) is 1. The van der Waals surface area contributed by atoms with Gasteiger partial charge < -0.3 is 28.9 Å². The van der Waals surface area contributed by atoms with E-state index in [1.54, 1.807) is 63.5 Å². The number of nitro groups is 1. The Morgan fingerprint density at radius 2 is 1.65 bits per heavy atom. The van der Waals surface area contributed by atoms with Gasteiger partial charge in [-0.25, -0.2) is 14.4 Å². The van der Waals surface area contributed by atoms with Crippen LogP contribution in [0.15, 0.2) is 24.3 Å². The lowest BCUT2D eigenvalue weighted by Gasteiger charge is -2.33. The lowest BCUT2D eigenvalue weighted by atomic mass is 10.1. The van der Waals surface area contributed by atoms with Crippen molar-refractivity contribution in [1.82, 2.24) is 14.7 Å². The SMILES string of the molecule is CC(C)(C)OC(=O)N(CCCN(C(=O)OC(C)(C)C)C1CCN(C(=O)OCC[Si](C)(C)C)C1)Cc1cccc([N+](=O)[O-])c1. The highest BCUT2D eigenvalue weighted by Crippen LogP contribution is 2.22. The number of amides is 3. The molecule has 1 atom stereocenters. The summed E-state index contributed by atoms with van der Waals surface area (Å²) in [6.07, 6.45) is -0.459. The van der Waals surface area contributed by atoms with Gasteiger partial charge in [-0.05, 0) is 66.0 Å². The molecular formula is C30H50N4O8Si. The number of rotatable bonds is 11. The highest BCUT2D eigenvalue weighted by atomic mass is 28.3. The van der Waals surface area contributed by atoms with Crippen LogP contribution in [-0.4, -0.2) is 96.0 Å². The predicted octanol–water partition coefficient (Wildman–Crippen LogP) is 6.51. The van der Waals surface area contributed by atoms with Crippen molar-refractivity contribution in [3.8, 4) is 0 Å². The molecule has 0 spiro atoms. The molecule has 3 amide bonds. The number of nitro benzene ring substituents is 1. The van der Waals surface area contributed by atoms with Crippen molar-refractivity contribution < 1.29 is 33.5 Å². The number of carbonyl (C=O) groups is 3. The molecule has 2 rings (SSSR count). The minimum atomic E-state index is -1.34. The van der Waals surface area contributed by atoms with Crippen LogP contribution in [0.25, 0.3) is 0 Å². The van der Waals surface area contributed by atoms with Crippen molar-refractivity contribution in [2.45, 2.75) is 104 Å². The fourth-order valence-electron chi connectivity index (χ4n) is 4.42. The van der Waals surface area contributed by atoms with Crippen molar-refractivity contribution in [3.05, 3.63) is 39.9 Å². The molecule has 1 aromatic carbocycles. The van der Waals surface area contributed by atoms with Gasteiger partial charge >= 0.3 is 18.3 Å². The minimum Gasteiger partial charge on any atom is -0.450 e. The molecule has 0 radical (unpaired) electrons. The average molecular weight is 623 g/mol. The Morgan fingerprint density at radius 1 is 1.02 bits per heavy atom. The molecule has 1 unspecified atom stereocenters. The van der Waals surface area contributed by atoms with Crippen LogP contribution in [-0.2, 0) is 20.8 Å². The van der Waals surface area contributed by atoms with E-state index in [-0.39, 0.29) is 37.5 Å². The quantitative estimate of drug-likeness (QED) is 0.118. The number of hydrogen-bond acceptors (Lipinski definition) is 8. The third-order valence-electron chi connectivity index (χ3n) is 6.54. The second-order valence-corrected chi connectivity index (χ2v) is 19.8. The summed E-state index contributed by atoms with van der Waals surface area (Å²) in [5.74, 6) is 0. The van der Waals surface area contributed by atoms with E-state index in [0.29, 0.717) is 38.1 Å². The lowest BCUT2D eigenvalue weighted by Crippen LogP contribution is -2.46. The van der Waals surface area contributed by atoms with Crippen LogP contribution < -0.4 is 0 Å². The van der Waals surface area contributed by atoms with Gasteiger partial charge in [-0.3, -0.25) is 10.1 Å². The number of non-ortho nitro benzene ring substituents is 1. The predicted molar refractivity (Wildman–Crippen MR) is 167 cm³/mol. The Labute approximate surface area is 256 Å². The van der Waals surface area contributed by atoms with E-state index < -0.39 is 36.4 Å². The molecule has 13 heteroatoms. The van der Waals surface area contributed by atoms with Crippen LogP contribution in [0.3, 0.4) is 0 Å². The van der Waals surface area contributed by atoms with E-state index in [4.69, 9.17) is 14.2 Å². The van der Waals surface area contributed by atoms with E-state index in [1.165, 1.54) is 17.0 Å². The molecule has 1 aliphatic heterocycles. The van der Waals surface area contributed by atoms with Gasteiger partial charge in [-0.1, -0.05) is 31.8 Å². The summed E-state index contributed by atoms with van der Waals surface area (Å²) < 4.78 is 16.8. The summed E-state index contributed by atoms with van der Waals surface area (Å²) in [5.41, 5.74) is -0.934. The monoisotopic (exact) mass is 622 g/mol. The first-order valence-corrected chi connectivity index (χ1v) is 18.6. The summed E-state index contributed by atoms with van der Waals surface area (Å²) >= 11 is 0. The normalized spacial score (nSPS) is 15.6. The second-order valence-electron chi connectivity index (χ2n) is 14.2. The first-order chi connectivity index (χ1) is 19.7. The Bertz CT molecular complexity index is 1130. The summed E-state index contributed by atoms with van der Waals surface area (Å²) in [4.78, 5) is 54.7. The van der Waals surface area contributed by atoms with Crippen molar-refractivity contribution in [2.24, 2.45) is 0 Å². The lowest BCUT2D eigenvalue weighted by molar-refractivity contribution is -0.384. The summed E-state index contributed by atoms with van der Waals surface area (Å²) in [6.45, 7) is 19.1. The topological polar surface area (TPSA) is 132 Å². The van der Waals surface area contributed by atoms with Crippen molar-refractivity contribution >= 4 is 32.0 Å². The zero-order valence-electron chi connectivity index (χ0n) is 27.3. The first-order valence-electron chi connectivity index (χ1n) is 14.9. The molecule has 0 bridgehead atoms. The Morgan fingerprint density at radius 3 is 2.23 bits per heavy atom. The fraction of sp³-hybridized carbons (Fsp3) is 0.700. The number of carbonyl (C=O) groups excluding carboxylic acids is 3. The Hall–Kier alpha value is -3.35. The molecule has 1 fully saturated rings. The van der Waals surface area contributed by atoms with Gasteiger partial charge in [0.1, 0.15) is 11.2 Å². The molecule has 12 nitrogen and oxygen atoms in total. The van der Waals surface area contributed by atoms with Gasteiger partial charge in [0.05, 0.1) is 17.6 Å². The molecular weight excluding hydrogens is 572 g/mol. The van der Waals surface area contributed by atoms with Gasteiger partial charge in [-0.2, -0.15) is 0 Å². The molecule has 1 saturated heterocycles. The minimum absolute atomic E-state index is 0.0671. The van der Waals surface area contributed by atoms with Crippen molar-refractivity contribution in [1.29, 1.82) is 0 Å². The maximum Gasteiger partial charge on any atom is 0.410 e. The third-order valence-corrected chi connectivity index (χ3v) is 8.25. The maximum absolute atomic E-state index is 13.3. The van der Waals surface area contributed by atoms with Crippen molar-refractivity contribution in [2.75, 3.05) is 32.8 Å². The average Bonchev–Trinajstić information content (AvgIpc) is 3.33. The zero-order valence-corrected chi connectivity index (χ0v) is 28.3. The van der Waals surface area contributed by atoms with Gasteiger partial charge in [0.2, 0.25) is 0 Å². The number of benzene rings is 1. The standard InChI is InChI=1S/C30H50N4O8Si/c1-29(2,3)41-27(36)31(21-23-12-10-13-24(20-23)34(38)39)15-11-16-33(28(37)42-30(4,5)6)25-14-17-32(22-25)26(35)40-18-19-43(7,8)9/h10,12-13,20,25H,11,14-19,21-22H2,1-9H3. The van der Waals surface area contributed by atoms with Gasteiger partial charge in [0.15, 0.2) is 0 Å². The molecule has 242 valence electrons. The van der Waals surface area contributed by atoms with Crippen LogP contribution in [0, 0.1) is 10.1 Å². The summed E-state index contributed by atoms with van der Waals surface area (Å²) in [6, 6.07) is 6.73. The molecule has 0 aromatic heterocycles. The van der Waals surface area contributed by atoms with Crippen LogP contribution in [0.5, 0.6) is 0 Å². The Balaban J connectivity index is 2.15. The fourth-order valence-corrected chi connectivity index (χ4v) is 5.14.